The van der Waals surface area contributed by atoms with Gasteiger partial charge in [-0.15, -0.1) is 11.3 Å². The molecule has 0 fully saturated rings. The van der Waals surface area contributed by atoms with E-state index in [0.717, 1.165) is 10.9 Å². The Labute approximate surface area is 130 Å². The van der Waals surface area contributed by atoms with Gasteiger partial charge >= 0.3 is 6.03 Å². The van der Waals surface area contributed by atoms with E-state index in [9.17, 15) is 4.79 Å². The van der Waals surface area contributed by atoms with Crippen molar-refractivity contribution in [1.29, 1.82) is 0 Å². The summed E-state index contributed by atoms with van der Waals surface area (Å²) in [6.07, 6.45) is 0.834. The SMILES string of the molecule is COc1ccc(Br)cc1NC(=O)NCCc1cccs1. The molecule has 2 aromatic rings. The van der Waals surface area contributed by atoms with E-state index >= 15 is 0 Å². The van der Waals surface area contributed by atoms with Crippen molar-refractivity contribution >= 4 is 39.0 Å². The van der Waals surface area contributed by atoms with Gasteiger partial charge < -0.3 is 15.4 Å². The first-order valence-corrected chi connectivity index (χ1v) is 7.77. The monoisotopic (exact) mass is 354 g/mol. The van der Waals surface area contributed by atoms with Gasteiger partial charge in [0.1, 0.15) is 5.75 Å². The highest BCUT2D eigenvalue weighted by atomic mass is 79.9. The van der Waals surface area contributed by atoms with Crippen molar-refractivity contribution < 1.29 is 9.53 Å². The first kappa shape index (κ1) is 14.9. The van der Waals surface area contributed by atoms with Crippen LogP contribution in [0.3, 0.4) is 0 Å². The maximum atomic E-state index is 11.8. The lowest BCUT2D eigenvalue weighted by Crippen LogP contribution is -2.30. The molecule has 0 saturated heterocycles. The van der Waals surface area contributed by atoms with Gasteiger partial charge in [-0.25, -0.2) is 4.79 Å². The van der Waals surface area contributed by atoms with Gasteiger partial charge in [-0.3, -0.25) is 0 Å². The highest BCUT2D eigenvalue weighted by molar-refractivity contribution is 9.10. The van der Waals surface area contributed by atoms with Crippen molar-refractivity contribution in [2.45, 2.75) is 6.42 Å². The number of halogens is 1. The molecule has 0 radical (unpaired) electrons. The van der Waals surface area contributed by atoms with Crippen LogP contribution in [-0.4, -0.2) is 19.7 Å². The van der Waals surface area contributed by atoms with Gasteiger partial charge in [0.15, 0.2) is 0 Å². The van der Waals surface area contributed by atoms with Crippen LogP contribution in [0.2, 0.25) is 0 Å². The van der Waals surface area contributed by atoms with Crippen molar-refractivity contribution in [3.05, 3.63) is 45.1 Å². The van der Waals surface area contributed by atoms with Crippen LogP contribution in [0.25, 0.3) is 0 Å². The summed E-state index contributed by atoms with van der Waals surface area (Å²) in [5, 5.41) is 7.64. The summed E-state index contributed by atoms with van der Waals surface area (Å²) in [7, 11) is 1.57. The number of carbonyl (C=O) groups is 1. The second kappa shape index (κ2) is 7.31. The molecule has 0 spiro atoms. The van der Waals surface area contributed by atoms with Gasteiger partial charge in [0.2, 0.25) is 0 Å². The first-order valence-electron chi connectivity index (χ1n) is 6.10. The van der Waals surface area contributed by atoms with Crippen LogP contribution < -0.4 is 15.4 Å². The number of amides is 2. The van der Waals surface area contributed by atoms with Crippen LogP contribution in [0.1, 0.15) is 4.88 Å². The largest absolute Gasteiger partial charge is 0.495 e. The van der Waals surface area contributed by atoms with Gasteiger partial charge in [0.05, 0.1) is 12.8 Å². The second-order valence-electron chi connectivity index (χ2n) is 4.05. The summed E-state index contributed by atoms with van der Waals surface area (Å²) < 4.78 is 6.08. The lowest BCUT2D eigenvalue weighted by atomic mass is 10.3. The first-order chi connectivity index (χ1) is 9.69. The van der Waals surface area contributed by atoms with Crippen molar-refractivity contribution in [1.82, 2.24) is 5.32 Å². The molecule has 6 heteroatoms. The molecule has 1 aromatic carbocycles. The molecular weight excluding hydrogens is 340 g/mol. The summed E-state index contributed by atoms with van der Waals surface area (Å²) in [5.74, 6) is 0.626. The molecule has 2 N–H and O–H groups in total. The molecule has 2 amide bonds. The molecule has 4 nitrogen and oxygen atoms in total. The van der Waals surface area contributed by atoms with Crippen LogP contribution in [0.5, 0.6) is 5.75 Å². The van der Waals surface area contributed by atoms with Crippen LogP contribution in [0, 0.1) is 0 Å². The summed E-state index contributed by atoms with van der Waals surface area (Å²) in [5.41, 5.74) is 0.635. The van der Waals surface area contributed by atoms with Crippen LogP contribution >= 0.6 is 27.3 Å². The lowest BCUT2D eigenvalue weighted by Gasteiger charge is -2.11. The zero-order valence-corrected chi connectivity index (χ0v) is 13.4. The Balaban J connectivity index is 1.86. The van der Waals surface area contributed by atoms with Gasteiger partial charge in [-0.05, 0) is 36.1 Å². The van der Waals surface area contributed by atoms with E-state index in [2.05, 4.69) is 32.6 Å². The minimum absolute atomic E-state index is 0.238. The summed E-state index contributed by atoms with van der Waals surface area (Å²) in [6.45, 7) is 0.600. The molecular formula is C14H15BrN2O2S. The van der Waals surface area contributed by atoms with E-state index < -0.39 is 0 Å². The molecule has 106 valence electrons. The van der Waals surface area contributed by atoms with Crippen LogP contribution in [0.4, 0.5) is 10.5 Å². The number of thiophene rings is 1. The number of urea groups is 1. The zero-order valence-electron chi connectivity index (χ0n) is 11.0. The lowest BCUT2D eigenvalue weighted by molar-refractivity contribution is 0.252. The van der Waals surface area contributed by atoms with Crippen molar-refractivity contribution in [3.63, 3.8) is 0 Å². The van der Waals surface area contributed by atoms with Crippen molar-refractivity contribution in [3.8, 4) is 5.75 Å². The number of methoxy groups -OCH3 is 1. The topological polar surface area (TPSA) is 50.4 Å². The summed E-state index contributed by atoms with van der Waals surface area (Å²) in [4.78, 5) is 13.1. The van der Waals surface area contributed by atoms with Crippen LogP contribution in [-0.2, 0) is 6.42 Å². The van der Waals surface area contributed by atoms with Crippen molar-refractivity contribution in [2.24, 2.45) is 0 Å². The molecule has 0 aliphatic rings. The highest BCUT2D eigenvalue weighted by Gasteiger charge is 2.07. The van der Waals surface area contributed by atoms with Gasteiger partial charge in [0, 0.05) is 15.9 Å². The number of hydrogen-bond acceptors (Lipinski definition) is 3. The Kier molecular flexibility index (Phi) is 5.43. The third kappa shape index (κ3) is 4.25. The fourth-order valence-electron chi connectivity index (χ4n) is 1.70. The predicted molar refractivity (Wildman–Crippen MR) is 85.7 cm³/mol. The number of carbonyl (C=O) groups excluding carboxylic acids is 1. The molecule has 0 aliphatic carbocycles. The second-order valence-corrected chi connectivity index (χ2v) is 6.00. The quantitative estimate of drug-likeness (QED) is 0.855. The highest BCUT2D eigenvalue weighted by Crippen LogP contribution is 2.27. The Morgan fingerprint density at radius 2 is 2.25 bits per heavy atom. The molecule has 0 unspecified atom stereocenters. The number of anilines is 1. The molecule has 0 saturated carbocycles. The number of hydrogen-bond donors (Lipinski definition) is 2. The van der Waals surface area contributed by atoms with Crippen LogP contribution in [0.15, 0.2) is 40.2 Å². The fraction of sp³-hybridized carbons (Fsp3) is 0.214. The van der Waals surface area contributed by atoms with Gasteiger partial charge in [0.25, 0.3) is 0 Å². The number of benzene rings is 1. The molecule has 0 bridgehead atoms. The number of nitrogens with one attached hydrogen (secondary N) is 2. The Hall–Kier alpha value is -1.53. The Morgan fingerprint density at radius 3 is 2.95 bits per heavy atom. The fourth-order valence-corrected chi connectivity index (χ4v) is 2.77. The van der Waals surface area contributed by atoms with E-state index in [4.69, 9.17) is 4.74 Å². The van der Waals surface area contributed by atoms with Gasteiger partial charge in [-0.2, -0.15) is 0 Å². The van der Waals surface area contributed by atoms with Gasteiger partial charge in [-0.1, -0.05) is 22.0 Å². The predicted octanol–water partition coefficient (Wildman–Crippen LogP) is 3.88. The molecule has 1 heterocycles. The molecule has 1 aromatic heterocycles. The Morgan fingerprint density at radius 1 is 1.40 bits per heavy atom. The number of rotatable bonds is 5. The standard InChI is InChI=1S/C14H15BrN2O2S/c1-19-13-5-4-10(15)9-12(13)17-14(18)16-7-6-11-3-2-8-20-11/h2-5,8-9H,6-7H2,1H3,(H2,16,17,18). The molecule has 20 heavy (non-hydrogen) atoms. The van der Waals surface area contributed by atoms with E-state index in [1.54, 1.807) is 30.6 Å². The van der Waals surface area contributed by atoms with Crippen molar-refractivity contribution in [2.75, 3.05) is 19.0 Å². The smallest absolute Gasteiger partial charge is 0.319 e. The maximum Gasteiger partial charge on any atom is 0.319 e. The maximum absolute atomic E-state index is 11.8. The summed E-state index contributed by atoms with van der Waals surface area (Å²) >= 11 is 5.06. The normalized spacial score (nSPS) is 10.1. The average molecular weight is 355 g/mol. The molecule has 2 rings (SSSR count). The number of ether oxygens (including phenoxy) is 1. The van der Waals surface area contributed by atoms with E-state index in [1.807, 2.05) is 17.5 Å². The average Bonchev–Trinajstić information content (AvgIpc) is 2.92. The minimum Gasteiger partial charge on any atom is -0.495 e. The minimum atomic E-state index is -0.238. The van der Waals surface area contributed by atoms with E-state index in [-0.39, 0.29) is 6.03 Å². The van der Waals surface area contributed by atoms with E-state index in [1.165, 1.54) is 4.88 Å². The molecule has 0 aliphatic heterocycles. The third-order valence-corrected chi connectivity index (χ3v) is 4.08. The summed E-state index contributed by atoms with van der Waals surface area (Å²) in [6, 6.07) is 9.29. The third-order valence-electron chi connectivity index (χ3n) is 2.65. The Bertz CT molecular complexity index is 573. The zero-order chi connectivity index (χ0) is 14.4. The molecule has 0 atom stereocenters. The van der Waals surface area contributed by atoms with E-state index in [0.29, 0.717) is 18.0 Å².